The maximum absolute atomic E-state index is 12.7. The molecular weight excluding hydrogens is 326 g/mol. The Kier molecular flexibility index (Phi) is 4.89. The minimum atomic E-state index is -0.228. The Bertz CT molecular complexity index is 759. The Morgan fingerprint density at radius 1 is 1.23 bits per heavy atom. The maximum atomic E-state index is 12.7. The molecule has 0 spiro atoms. The number of carbonyl (C=O) groups is 1. The van der Waals surface area contributed by atoms with Crippen LogP contribution in [0.5, 0.6) is 0 Å². The van der Waals surface area contributed by atoms with Crippen LogP contribution in [0.4, 0.5) is 5.69 Å². The fourth-order valence-corrected chi connectivity index (χ4v) is 4.03. The second kappa shape index (κ2) is 7.46. The number of amides is 1. The fraction of sp³-hybridized carbons (Fsp3) is 0.429. The molecule has 2 N–H and O–H groups in total. The van der Waals surface area contributed by atoms with Crippen LogP contribution in [0.15, 0.2) is 48.7 Å². The number of anilines is 1. The molecule has 26 heavy (non-hydrogen) atoms. The molecular formula is C21H25N3O2. The van der Waals surface area contributed by atoms with E-state index in [1.54, 1.807) is 6.20 Å². The first-order chi connectivity index (χ1) is 12.7. The SMILES string of the molecule is O=C(CN1CCc2ccccc21)NC(Cc1ccccn1)C1CC(O)C1. The lowest BCUT2D eigenvalue weighted by Gasteiger charge is -2.38. The minimum absolute atomic E-state index is 0.0265. The summed E-state index contributed by atoms with van der Waals surface area (Å²) in [7, 11) is 0. The lowest BCUT2D eigenvalue weighted by atomic mass is 9.76. The van der Waals surface area contributed by atoms with Crippen LogP contribution in [0.1, 0.15) is 24.1 Å². The Morgan fingerprint density at radius 3 is 2.81 bits per heavy atom. The van der Waals surface area contributed by atoms with Crippen molar-refractivity contribution in [2.24, 2.45) is 5.92 Å². The van der Waals surface area contributed by atoms with Gasteiger partial charge in [-0.25, -0.2) is 0 Å². The van der Waals surface area contributed by atoms with Crippen LogP contribution in [0, 0.1) is 5.92 Å². The summed E-state index contributed by atoms with van der Waals surface area (Å²) in [6.45, 7) is 1.27. The molecule has 2 heterocycles. The molecule has 2 aliphatic rings. The van der Waals surface area contributed by atoms with Crippen LogP contribution in [0.25, 0.3) is 0 Å². The second-order valence-corrected chi connectivity index (χ2v) is 7.38. The molecule has 0 saturated heterocycles. The molecule has 5 heteroatoms. The molecule has 2 aromatic rings. The van der Waals surface area contributed by atoms with Crippen LogP contribution in [0.3, 0.4) is 0 Å². The third-order valence-electron chi connectivity index (χ3n) is 5.54. The molecule has 4 rings (SSSR count). The summed E-state index contributed by atoms with van der Waals surface area (Å²) < 4.78 is 0. The molecule has 1 aliphatic heterocycles. The smallest absolute Gasteiger partial charge is 0.239 e. The maximum Gasteiger partial charge on any atom is 0.239 e. The van der Waals surface area contributed by atoms with Crippen LogP contribution >= 0.6 is 0 Å². The van der Waals surface area contributed by atoms with Crippen molar-refractivity contribution in [1.82, 2.24) is 10.3 Å². The van der Waals surface area contributed by atoms with E-state index in [-0.39, 0.29) is 18.1 Å². The van der Waals surface area contributed by atoms with Crippen molar-refractivity contribution < 1.29 is 9.90 Å². The summed E-state index contributed by atoms with van der Waals surface area (Å²) >= 11 is 0. The number of hydrogen-bond donors (Lipinski definition) is 2. The number of nitrogens with one attached hydrogen (secondary N) is 1. The van der Waals surface area contributed by atoms with Crippen molar-refractivity contribution in [3.8, 4) is 0 Å². The topological polar surface area (TPSA) is 65.5 Å². The molecule has 136 valence electrons. The Labute approximate surface area is 154 Å². The molecule has 1 atom stereocenters. The average molecular weight is 351 g/mol. The van der Waals surface area contributed by atoms with Crippen LogP contribution in [-0.2, 0) is 17.6 Å². The highest BCUT2D eigenvalue weighted by atomic mass is 16.3. The highest BCUT2D eigenvalue weighted by molar-refractivity contribution is 5.82. The van der Waals surface area contributed by atoms with Crippen molar-refractivity contribution in [3.63, 3.8) is 0 Å². The van der Waals surface area contributed by atoms with Crippen molar-refractivity contribution in [3.05, 3.63) is 59.9 Å². The first kappa shape index (κ1) is 17.0. The first-order valence-electron chi connectivity index (χ1n) is 9.39. The van der Waals surface area contributed by atoms with Gasteiger partial charge in [-0.15, -0.1) is 0 Å². The number of fused-ring (bicyclic) bond motifs is 1. The predicted octanol–water partition coefficient (Wildman–Crippen LogP) is 1.94. The average Bonchev–Trinajstić information content (AvgIpc) is 3.02. The van der Waals surface area contributed by atoms with E-state index in [1.807, 2.05) is 30.3 Å². The van der Waals surface area contributed by atoms with Gasteiger partial charge in [-0.05, 0) is 48.9 Å². The number of para-hydroxylation sites is 1. The monoisotopic (exact) mass is 351 g/mol. The third-order valence-corrected chi connectivity index (χ3v) is 5.54. The van der Waals surface area contributed by atoms with Gasteiger partial charge in [0, 0.05) is 36.6 Å². The molecule has 0 radical (unpaired) electrons. The van der Waals surface area contributed by atoms with E-state index < -0.39 is 0 Å². The van der Waals surface area contributed by atoms with Crippen molar-refractivity contribution >= 4 is 11.6 Å². The van der Waals surface area contributed by atoms with Gasteiger partial charge in [0.05, 0.1) is 12.6 Å². The van der Waals surface area contributed by atoms with Gasteiger partial charge in [0.1, 0.15) is 0 Å². The van der Waals surface area contributed by atoms with E-state index in [4.69, 9.17) is 0 Å². The highest BCUT2D eigenvalue weighted by Crippen LogP contribution is 2.32. The molecule has 1 amide bonds. The van der Waals surface area contributed by atoms with Gasteiger partial charge in [0.15, 0.2) is 0 Å². The molecule has 0 bridgehead atoms. The van der Waals surface area contributed by atoms with E-state index in [2.05, 4.69) is 27.3 Å². The number of aromatic nitrogens is 1. The second-order valence-electron chi connectivity index (χ2n) is 7.38. The third kappa shape index (κ3) is 3.73. The summed E-state index contributed by atoms with van der Waals surface area (Å²) in [6.07, 6.45) is 4.77. The van der Waals surface area contributed by atoms with Gasteiger partial charge < -0.3 is 15.3 Å². The Hall–Kier alpha value is -2.40. The van der Waals surface area contributed by atoms with E-state index in [9.17, 15) is 9.90 Å². The van der Waals surface area contributed by atoms with Gasteiger partial charge in [-0.1, -0.05) is 24.3 Å². The van der Waals surface area contributed by atoms with E-state index in [1.165, 1.54) is 11.3 Å². The van der Waals surface area contributed by atoms with Crippen molar-refractivity contribution in [2.45, 2.75) is 37.8 Å². The Morgan fingerprint density at radius 2 is 2.04 bits per heavy atom. The van der Waals surface area contributed by atoms with E-state index >= 15 is 0 Å². The number of pyridine rings is 1. The number of rotatable bonds is 6. The number of benzene rings is 1. The zero-order valence-electron chi connectivity index (χ0n) is 14.8. The van der Waals surface area contributed by atoms with Gasteiger partial charge in [0.2, 0.25) is 5.91 Å². The van der Waals surface area contributed by atoms with Crippen LogP contribution in [0.2, 0.25) is 0 Å². The molecule has 1 aromatic carbocycles. The van der Waals surface area contributed by atoms with Crippen LogP contribution in [-0.4, -0.2) is 41.2 Å². The zero-order valence-corrected chi connectivity index (χ0v) is 14.8. The summed E-state index contributed by atoms with van der Waals surface area (Å²) in [5.74, 6) is 0.367. The predicted molar refractivity (Wildman–Crippen MR) is 101 cm³/mol. The van der Waals surface area contributed by atoms with Gasteiger partial charge in [-0.2, -0.15) is 0 Å². The molecule has 5 nitrogen and oxygen atoms in total. The largest absolute Gasteiger partial charge is 0.393 e. The number of aliphatic hydroxyl groups is 1. The molecule has 1 aliphatic carbocycles. The summed E-state index contributed by atoms with van der Waals surface area (Å²) in [5, 5.41) is 12.9. The van der Waals surface area contributed by atoms with Gasteiger partial charge in [0.25, 0.3) is 0 Å². The molecule has 1 saturated carbocycles. The minimum Gasteiger partial charge on any atom is -0.393 e. The highest BCUT2D eigenvalue weighted by Gasteiger charge is 2.35. The van der Waals surface area contributed by atoms with Gasteiger partial charge in [-0.3, -0.25) is 9.78 Å². The number of aliphatic hydroxyl groups excluding tert-OH is 1. The van der Waals surface area contributed by atoms with Crippen molar-refractivity contribution in [2.75, 3.05) is 18.0 Å². The quantitative estimate of drug-likeness (QED) is 0.835. The number of hydrogen-bond acceptors (Lipinski definition) is 4. The van der Waals surface area contributed by atoms with E-state index in [0.717, 1.165) is 31.5 Å². The molecule has 1 unspecified atom stereocenters. The lowest BCUT2D eigenvalue weighted by Crippen LogP contribution is -2.50. The Balaban J connectivity index is 1.40. The van der Waals surface area contributed by atoms with Crippen LogP contribution < -0.4 is 10.2 Å². The van der Waals surface area contributed by atoms with Crippen molar-refractivity contribution in [1.29, 1.82) is 0 Å². The fourth-order valence-electron chi connectivity index (χ4n) is 4.03. The summed E-state index contributed by atoms with van der Waals surface area (Å²) in [4.78, 5) is 19.2. The van der Waals surface area contributed by atoms with E-state index in [0.29, 0.717) is 18.9 Å². The summed E-state index contributed by atoms with van der Waals surface area (Å²) in [6, 6.07) is 14.2. The first-order valence-corrected chi connectivity index (χ1v) is 9.39. The number of carbonyl (C=O) groups excluding carboxylic acids is 1. The molecule has 1 fully saturated rings. The zero-order chi connectivity index (χ0) is 17.9. The molecule has 1 aromatic heterocycles. The lowest BCUT2D eigenvalue weighted by molar-refractivity contribution is -0.121. The normalized spacial score (nSPS) is 22.4. The summed E-state index contributed by atoms with van der Waals surface area (Å²) in [5.41, 5.74) is 3.46. The number of nitrogens with zero attached hydrogens (tertiary/aromatic N) is 2. The van der Waals surface area contributed by atoms with Gasteiger partial charge >= 0.3 is 0 Å². The standard InChI is InChI=1S/C21H25N3O2/c25-18-11-16(12-18)19(13-17-6-3-4-9-22-17)23-21(26)14-24-10-8-15-5-1-2-7-20(15)24/h1-7,9,16,18-19,25H,8,10-14H2,(H,23,26).